The number of aromatic nitrogens is 5. The Bertz CT molecular complexity index is 1240. The monoisotopic (exact) mass is 357 g/mol. The Labute approximate surface area is 153 Å². The number of imidazole rings is 1. The van der Waals surface area contributed by atoms with Crippen LogP contribution in [0.1, 0.15) is 5.56 Å². The first-order valence-electron chi connectivity index (χ1n) is 8.41. The molecule has 0 aliphatic heterocycles. The van der Waals surface area contributed by atoms with Crippen molar-refractivity contribution in [2.75, 3.05) is 11.1 Å². The Hall–Kier alpha value is -3.94. The molecule has 8 heteroatoms. The average Bonchev–Trinajstić information content (AvgIpc) is 3.30. The predicted molar refractivity (Wildman–Crippen MR) is 102 cm³/mol. The van der Waals surface area contributed by atoms with Crippen LogP contribution >= 0.6 is 0 Å². The zero-order valence-corrected chi connectivity index (χ0v) is 14.2. The topological polar surface area (TPSA) is 107 Å². The first-order chi connectivity index (χ1) is 13.3. The second kappa shape index (κ2) is 6.10. The van der Waals surface area contributed by atoms with Gasteiger partial charge in [0.25, 0.3) is 0 Å². The second-order valence-corrected chi connectivity index (χ2v) is 6.12. The number of rotatable bonds is 4. The zero-order valence-electron chi connectivity index (χ0n) is 14.2. The van der Waals surface area contributed by atoms with Gasteiger partial charge in [-0.05, 0) is 48.0 Å². The maximum Gasteiger partial charge on any atom is 0.174 e. The Kier molecular flexibility index (Phi) is 3.46. The molecule has 5 aromatic rings. The summed E-state index contributed by atoms with van der Waals surface area (Å²) in [6.45, 7) is 0.661. The van der Waals surface area contributed by atoms with Crippen molar-refractivity contribution in [2.24, 2.45) is 0 Å². The van der Waals surface area contributed by atoms with Crippen molar-refractivity contribution in [2.45, 2.75) is 6.54 Å². The van der Waals surface area contributed by atoms with Crippen molar-refractivity contribution in [3.63, 3.8) is 0 Å². The highest BCUT2D eigenvalue weighted by Crippen LogP contribution is 2.28. The Morgan fingerprint density at radius 3 is 2.85 bits per heavy atom. The molecule has 0 unspecified atom stereocenters. The lowest BCUT2D eigenvalue weighted by molar-refractivity contribution is 0.460. The third kappa shape index (κ3) is 2.73. The van der Waals surface area contributed by atoms with E-state index in [9.17, 15) is 0 Å². The van der Waals surface area contributed by atoms with Crippen LogP contribution in [0.3, 0.4) is 0 Å². The fourth-order valence-corrected chi connectivity index (χ4v) is 2.97. The van der Waals surface area contributed by atoms with Gasteiger partial charge < -0.3 is 15.6 Å². The van der Waals surface area contributed by atoms with Gasteiger partial charge in [0.1, 0.15) is 5.82 Å². The van der Waals surface area contributed by atoms with Gasteiger partial charge in [-0.1, -0.05) is 5.16 Å². The summed E-state index contributed by atoms with van der Waals surface area (Å²) in [7, 11) is 0. The maximum atomic E-state index is 5.87. The summed E-state index contributed by atoms with van der Waals surface area (Å²) >= 11 is 0. The predicted octanol–water partition coefficient (Wildman–Crippen LogP) is 3.13. The number of pyridine rings is 1. The maximum absolute atomic E-state index is 5.87. The Morgan fingerprint density at radius 1 is 1.07 bits per heavy atom. The van der Waals surface area contributed by atoms with Gasteiger partial charge in [-0.3, -0.25) is 4.98 Å². The van der Waals surface area contributed by atoms with Crippen LogP contribution in [0.2, 0.25) is 0 Å². The largest absolute Gasteiger partial charge is 0.380 e. The van der Waals surface area contributed by atoms with Crippen LogP contribution < -0.4 is 11.1 Å². The summed E-state index contributed by atoms with van der Waals surface area (Å²) in [6.07, 6.45) is 5.34. The Balaban J connectivity index is 1.51. The molecular formula is C19H15N7O. The number of nitrogens with zero attached hydrogens (tertiary/aromatic N) is 5. The van der Waals surface area contributed by atoms with Crippen LogP contribution in [-0.2, 0) is 6.54 Å². The van der Waals surface area contributed by atoms with Gasteiger partial charge in [0.2, 0.25) is 0 Å². The highest BCUT2D eigenvalue weighted by molar-refractivity contribution is 5.90. The van der Waals surface area contributed by atoms with E-state index >= 15 is 0 Å². The SMILES string of the molecule is Nc1noc2ccc(-c3cnc4ccc(NCc5ccncc5)nn34)cc12. The van der Waals surface area contributed by atoms with Crippen molar-refractivity contribution in [1.82, 2.24) is 24.7 Å². The zero-order chi connectivity index (χ0) is 18.2. The molecule has 0 aliphatic carbocycles. The molecule has 1 aromatic carbocycles. The fraction of sp³-hybridized carbons (Fsp3) is 0.0526. The number of nitrogens with one attached hydrogen (secondary N) is 1. The molecule has 132 valence electrons. The fourth-order valence-electron chi connectivity index (χ4n) is 2.97. The van der Waals surface area contributed by atoms with E-state index in [4.69, 9.17) is 10.3 Å². The number of fused-ring (bicyclic) bond motifs is 2. The van der Waals surface area contributed by atoms with E-state index in [-0.39, 0.29) is 0 Å². The minimum absolute atomic E-state index is 0.369. The van der Waals surface area contributed by atoms with Gasteiger partial charge in [-0.2, -0.15) is 0 Å². The lowest BCUT2D eigenvalue weighted by Gasteiger charge is -2.07. The quantitative estimate of drug-likeness (QED) is 0.509. The number of nitrogens with two attached hydrogens (primary N) is 1. The normalized spacial score (nSPS) is 11.3. The summed E-state index contributed by atoms with van der Waals surface area (Å²) in [5.41, 5.74) is 10.2. The number of nitrogen functional groups attached to an aromatic ring is 1. The van der Waals surface area contributed by atoms with E-state index in [0.717, 1.165) is 33.7 Å². The minimum Gasteiger partial charge on any atom is -0.380 e. The second-order valence-electron chi connectivity index (χ2n) is 6.12. The molecule has 0 amide bonds. The van der Waals surface area contributed by atoms with E-state index in [1.807, 2.05) is 42.5 Å². The molecule has 4 heterocycles. The summed E-state index contributed by atoms with van der Waals surface area (Å²) in [6, 6.07) is 13.5. The molecule has 0 saturated carbocycles. The molecule has 4 aromatic heterocycles. The molecule has 0 spiro atoms. The summed E-state index contributed by atoms with van der Waals surface area (Å²) in [5, 5.41) is 12.6. The number of hydrogen-bond donors (Lipinski definition) is 2. The van der Waals surface area contributed by atoms with Gasteiger partial charge >= 0.3 is 0 Å². The molecule has 0 saturated heterocycles. The number of benzene rings is 1. The van der Waals surface area contributed by atoms with E-state index in [1.54, 1.807) is 23.1 Å². The standard InChI is InChI=1S/C19H15N7O/c20-19-14-9-13(1-2-16(14)27-25-19)15-11-23-18-4-3-17(24-26(15)18)22-10-12-5-7-21-8-6-12/h1-9,11H,10H2,(H2,20,25)(H,22,24). The smallest absolute Gasteiger partial charge is 0.174 e. The molecule has 3 N–H and O–H groups in total. The van der Waals surface area contributed by atoms with E-state index in [2.05, 4.69) is 25.5 Å². The van der Waals surface area contributed by atoms with E-state index < -0.39 is 0 Å². The highest BCUT2D eigenvalue weighted by Gasteiger charge is 2.11. The third-order valence-corrected chi connectivity index (χ3v) is 4.38. The minimum atomic E-state index is 0.369. The lowest BCUT2D eigenvalue weighted by atomic mass is 10.1. The molecule has 5 rings (SSSR count). The van der Waals surface area contributed by atoms with Gasteiger partial charge in [0.15, 0.2) is 17.0 Å². The van der Waals surface area contributed by atoms with E-state index in [1.165, 1.54) is 0 Å². The van der Waals surface area contributed by atoms with Crippen LogP contribution in [0.5, 0.6) is 0 Å². The molecule has 0 bridgehead atoms. The van der Waals surface area contributed by atoms with Crippen molar-refractivity contribution >= 4 is 28.3 Å². The van der Waals surface area contributed by atoms with Gasteiger partial charge in [-0.25, -0.2) is 9.50 Å². The molecule has 0 atom stereocenters. The highest BCUT2D eigenvalue weighted by atomic mass is 16.5. The van der Waals surface area contributed by atoms with Crippen LogP contribution in [-0.4, -0.2) is 24.7 Å². The van der Waals surface area contributed by atoms with Crippen LogP contribution in [0.4, 0.5) is 11.6 Å². The summed E-state index contributed by atoms with van der Waals surface area (Å²) in [5.74, 6) is 1.12. The van der Waals surface area contributed by atoms with Crippen molar-refractivity contribution < 1.29 is 4.52 Å². The number of anilines is 2. The average molecular weight is 357 g/mol. The Morgan fingerprint density at radius 2 is 1.96 bits per heavy atom. The first kappa shape index (κ1) is 15.3. The third-order valence-electron chi connectivity index (χ3n) is 4.38. The molecule has 27 heavy (non-hydrogen) atoms. The summed E-state index contributed by atoms with van der Waals surface area (Å²) in [4.78, 5) is 8.47. The van der Waals surface area contributed by atoms with Gasteiger partial charge in [0, 0.05) is 24.5 Å². The molecule has 0 aliphatic rings. The van der Waals surface area contributed by atoms with Crippen LogP contribution in [0.25, 0.3) is 27.9 Å². The first-order valence-corrected chi connectivity index (χ1v) is 8.41. The van der Waals surface area contributed by atoms with Gasteiger partial charge in [0.05, 0.1) is 17.3 Å². The molecule has 8 nitrogen and oxygen atoms in total. The lowest BCUT2D eigenvalue weighted by Crippen LogP contribution is -2.04. The van der Waals surface area contributed by atoms with E-state index in [0.29, 0.717) is 17.9 Å². The van der Waals surface area contributed by atoms with Crippen LogP contribution in [0.15, 0.2) is 65.6 Å². The molecular weight excluding hydrogens is 342 g/mol. The molecule has 0 fully saturated rings. The van der Waals surface area contributed by atoms with Crippen LogP contribution in [0, 0.1) is 0 Å². The van der Waals surface area contributed by atoms with Crippen molar-refractivity contribution in [3.05, 3.63) is 66.6 Å². The van der Waals surface area contributed by atoms with Crippen molar-refractivity contribution in [1.29, 1.82) is 0 Å². The number of hydrogen-bond acceptors (Lipinski definition) is 7. The molecule has 0 radical (unpaired) electrons. The van der Waals surface area contributed by atoms with Gasteiger partial charge in [-0.15, -0.1) is 5.10 Å². The summed E-state index contributed by atoms with van der Waals surface area (Å²) < 4.78 is 6.98. The van der Waals surface area contributed by atoms with Crippen molar-refractivity contribution in [3.8, 4) is 11.3 Å².